The van der Waals surface area contributed by atoms with Gasteiger partial charge in [-0.3, -0.25) is 9.78 Å². The van der Waals surface area contributed by atoms with Crippen LogP contribution < -0.4 is 20.7 Å². The lowest BCUT2D eigenvalue weighted by Crippen LogP contribution is -2.36. The van der Waals surface area contributed by atoms with Crippen molar-refractivity contribution in [2.24, 2.45) is 0 Å². The molecule has 7 nitrogen and oxygen atoms in total. The molecule has 1 aromatic heterocycles. The molecule has 2 heterocycles. The predicted octanol–water partition coefficient (Wildman–Crippen LogP) is 2.28. The summed E-state index contributed by atoms with van der Waals surface area (Å²) in [5.74, 6) is 0.446. The zero-order chi connectivity index (χ0) is 17.8. The van der Waals surface area contributed by atoms with E-state index in [1.807, 2.05) is 32.0 Å². The number of aromatic nitrogens is 1. The molecule has 1 atom stereocenters. The molecule has 3 N–H and O–H groups in total. The molecule has 3 amide bonds. The molecule has 1 aromatic carbocycles. The van der Waals surface area contributed by atoms with Gasteiger partial charge in [0, 0.05) is 18.4 Å². The second-order valence-corrected chi connectivity index (χ2v) is 5.95. The third-order valence-corrected chi connectivity index (χ3v) is 3.91. The SMILES string of the molecule is Cc1ccc(CNC(=O)N[C@@H](C)c2ccc3c(c2)NC(=O)CO3)cn1. The molecule has 0 radical (unpaired) electrons. The first kappa shape index (κ1) is 16.8. The van der Waals surface area contributed by atoms with Crippen LogP contribution in [-0.2, 0) is 11.3 Å². The first-order valence-corrected chi connectivity index (χ1v) is 8.04. The van der Waals surface area contributed by atoms with Gasteiger partial charge in [-0.25, -0.2) is 4.79 Å². The van der Waals surface area contributed by atoms with Gasteiger partial charge >= 0.3 is 6.03 Å². The molecule has 2 aromatic rings. The summed E-state index contributed by atoms with van der Waals surface area (Å²) in [4.78, 5) is 27.7. The van der Waals surface area contributed by atoms with E-state index in [2.05, 4.69) is 20.9 Å². The molecule has 0 bridgehead atoms. The highest BCUT2D eigenvalue weighted by atomic mass is 16.5. The molecule has 130 valence electrons. The Balaban J connectivity index is 1.57. The minimum atomic E-state index is -0.272. The van der Waals surface area contributed by atoms with Crippen LogP contribution in [0.25, 0.3) is 0 Å². The maximum absolute atomic E-state index is 12.1. The Bertz CT molecular complexity index is 789. The van der Waals surface area contributed by atoms with Crippen LogP contribution in [0.2, 0.25) is 0 Å². The van der Waals surface area contributed by atoms with Gasteiger partial charge in [0.05, 0.1) is 11.7 Å². The van der Waals surface area contributed by atoms with Gasteiger partial charge in [-0.2, -0.15) is 0 Å². The zero-order valence-corrected chi connectivity index (χ0v) is 14.1. The number of amides is 3. The topological polar surface area (TPSA) is 92.4 Å². The van der Waals surface area contributed by atoms with Crippen molar-refractivity contribution in [3.63, 3.8) is 0 Å². The van der Waals surface area contributed by atoms with Crippen molar-refractivity contribution in [1.82, 2.24) is 15.6 Å². The van der Waals surface area contributed by atoms with E-state index in [0.717, 1.165) is 16.8 Å². The van der Waals surface area contributed by atoms with Crippen LogP contribution in [0, 0.1) is 6.92 Å². The molecule has 0 saturated heterocycles. The largest absolute Gasteiger partial charge is 0.482 e. The smallest absolute Gasteiger partial charge is 0.315 e. The van der Waals surface area contributed by atoms with Crippen LogP contribution in [-0.4, -0.2) is 23.5 Å². The van der Waals surface area contributed by atoms with Gasteiger partial charge in [-0.15, -0.1) is 0 Å². The van der Waals surface area contributed by atoms with Crippen molar-refractivity contribution in [3.05, 3.63) is 53.3 Å². The standard InChI is InChI=1S/C18H20N4O3/c1-11-3-4-13(8-19-11)9-20-18(24)21-12(2)14-5-6-16-15(7-14)22-17(23)10-25-16/h3-8,12H,9-10H2,1-2H3,(H,22,23)(H2,20,21,24)/t12-/m0/s1. The number of carbonyl (C=O) groups excluding carboxylic acids is 2. The quantitative estimate of drug-likeness (QED) is 0.796. The van der Waals surface area contributed by atoms with Crippen LogP contribution in [0.3, 0.4) is 0 Å². The maximum atomic E-state index is 12.1. The average molecular weight is 340 g/mol. The Morgan fingerprint density at radius 1 is 1.36 bits per heavy atom. The van der Waals surface area contributed by atoms with Gasteiger partial charge in [0.15, 0.2) is 6.61 Å². The van der Waals surface area contributed by atoms with Crippen LogP contribution in [0.1, 0.15) is 29.8 Å². The third-order valence-electron chi connectivity index (χ3n) is 3.91. The van der Waals surface area contributed by atoms with E-state index in [9.17, 15) is 9.59 Å². The summed E-state index contributed by atoms with van der Waals surface area (Å²) in [6, 6.07) is 8.80. The fourth-order valence-corrected chi connectivity index (χ4v) is 2.49. The van der Waals surface area contributed by atoms with E-state index >= 15 is 0 Å². The van der Waals surface area contributed by atoms with E-state index in [0.29, 0.717) is 18.0 Å². The number of hydrogen-bond donors (Lipinski definition) is 3. The summed E-state index contributed by atoms with van der Waals surface area (Å²) in [6.07, 6.45) is 1.74. The summed E-state index contributed by atoms with van der Waals surface area (Å²) >= 11 is 0. The Morgan fingerprint density at radius 3 is 2.96 bits per heavy atom. The predicted molar refractivity (Wildman–Crippen MR) is 93.3 cm³/mol. The number of nitrogens with one attached hydrogen (secondary N) is 3. The minimum absolute atomic E-state index is 0.0242. The number of ether oxygens (including phenoxy) is 1. The van der Waals surface area contributed by atoms with Gasteiger partial charge in [0.1, 0.15) is 5.75 Å². The molecule has 1 aliphatic heterocycles. The third kappa shape index (κ3) is 4.26. The highest BCUT2D eigenvalue weighted by Gasteiger charge is 2.18. The van der Waals surface area contributed by atoms with E-state index in [-0.39, 0.29) is 24.6 Å². The Hall–Kier alpha value is -3.09. The van der Waals surface area contributed by atoms with E-state index < -0.39 is 0 Å². The molecule has 25 heavy (non-hydrogen) atoms. The number of rotatable bonds is 4. The lowest BCUT2D eigenvalue weighted by Gasteiger charge is -2.21. The minimum Gasteiger partial charge on any atom is -0.482 e. The first-order chi connectivity index (χ1) is 12.0. The summed E-state index contributed by atoms with van der Waals surface area (Å²) < 4.78 is 5.33. The number of nitrogens with zero attached hydrogens (tertiary/aromatic N) is 1. The van der Waals surface area contributed by atoms with Crippen molar-refractivity contribution in [3.8, 4) is 5.75 Å². The Kier molecular flexibility index (Phi) is 4.83. The number of benzene rings is 1. The van der Waals surface area contributed by atoms with E-state index in [1.54, 1.807) is 18.3 Å². The van der Waals surface area contributed by atoms with Crippen molar-refractivity contribution in [1.29, 1.82) is 0 Å². The molecule has 0 saturated carbocycles. The summed E-state index contributed by atoms with van der Waals surface area (Å²) in [5, 5.41) is 8.44. The maximum Gasteiger partial charge on any atom is 0.315 e. The number of urea groups is 1. The number of fused-ring (bicyclic) bond motifs is 1. The second kappa shape index (κ2) is 7.21. The Morgan fingerprint density at radius 2 is 2.20 bits per heavy atom. The molecule has 0 aliphatic carbocycles. The highest BCUT2D eigenvalue weighted by Crippen LogP contribution is 2.30. The van der Waals surface area contributed by atoms with Gasteiger partial charge in [0.2, 0.25) is 0 Å². The second-order valence-electron chi connectivity index (χ2n) is 5.95. The van der Waals surface area contributed by atoms with Crippen molar-refractivity contribution >= 4 is 17.6 Å². The number of anilines is 1. The molecule has 3 rings (SSSR count). The van der Waals surface area contributed by atoms with Crippen LogP contribution in [0.15, 0.2) is 36.5 Å². The van der Waals surface area contributed by atoms with Crippen LogP contribution >= 0.6 is 0 Å². The summed E-state index contributed by atoms with van der Waals surface area (Å²) in [6.45, 7) is 4.22. The van der Waals surface area contributed by atoms with Gasteiger partial charge < -0.3 is 20.7 Å². The Labute approximate surface area is 145 Å². The lowest BCUT2D eigenvalue weighted by atomic mass is 10.1. The van der Waals surface area contributed by atoms with E-state index in [4.69, 9.17) is 4.74 Å². The van der Waals surface area contributed by atoms with Crippen LogP contribution in [0.5, 0.6) is 5.75 Å². The number of aryl methyl sites for hydroxylation is 1. The summed E-state index contributed by atoms with van der Waals surface area (Å²) in [7, 11) is 0. The number of hydrogen-bond acceptors (Lipinski definition) is 4. The highest BCUT2D eigenvalue weighted by molar-refractivity contribution is 5.95. The van der Waals surface area contributed by atoms with Crippen LogP contribution in [0.4, 0.5) is 10.5 Å². The molecule has 0 spiro atoms. The fourth-order valence-electron chi connectivity index (χ4n) is 2.49. The molecule has 0 fully saturated rings. The van der Waals surface area contributed by atoms with Gasteiger partial charge in [-0.05, 0) is 43.2 Å². The van der Waals surface area contributed by atoms with Crippen molar-refractivity contribution in [2.75, 3.05) is 11.9 Å². The van der Waals surface area contributed by atoms with Crippen molar-refractivity contribution in [2.45, 2.75) is 26.4 Å². The molecular formula is C18H20N4O3. The summed E-state index contributed by atoms with van der Waals surface area (Å²) in [5.41, 5.74) is 3.36. The van der Waals surface area contributed by atoms with Gasteiger partial charge in [-0.1, -0.05) is 12.1 Å². The number of pyridine rings is 1. The molecule has 7 heteroatoms. The first-order valence-electron chi connectivity index (χ1n) is 8.04. The van der Waals surface area contributed by atoms with E-state index in [1.165, 1.54) is 0 Å². The number of carbonyl (C=O) groups is 2. The molecular weight excluding hydrogens is 320 g/mol. The zero-order valence-electron chi connectivity index (χ0n) is 14.1. The monoisotopic (exact) mass is 340 g/mol. The average Bonchev–Trinajstić information content (AvgIpc) is 2.60. The van der Waals surface area contributed by atoms with Gasteiger partial charge in [0.25, 0.3) is 5.91 Å². The molecule has 0 unspecified atom stereocenters. The molecule has 1 aliphatic rings. The normalized spacial score (nSPS) is 13.9. The fraction of sp³-hybridized carbons (Fsp3) is 0.278. The lowest BCUT2D eigenvalue weighted by molar-refractivity contribution is -0.118. The van der Waals surface area contributed by atoms with Crippen molar-refractivity contribution < 1.29 is 14.3 Å².